The third kappa shape index (κ3) is 3.37. The monoisotopic (exact) mass is 234 g/mol. The van der Waals surface area contributed by atoms with Crippen LogP contribution in [0.2, 0.25) is 0 Å². The summed E-state index contributed by atoms with van der Waals surface area (Å²) in [6.07, 6.45) is 5.19. The van der Waals surface area contributed by atoms with Crippen molar-refractivity contribution < 1.29 is 9.90 Å². The van der Waals surface area contributed by atoms with Crippen LogP contribution in [-0.2, 0) is 0 Å². The molecule has 4 heteroatoms. The van der Waals surface area contributed by atoms with E-state index in [1.807, 2.05) is 0 Å². The Labute approximate surface area is 101 Å². The van der Waals surface area contributed by atoms with E-state index in [2.05, 4.69) is 5.32 Å². The Bertz CT molecular complexity index is 414. The van der Waals surface area contributed by atoms with Crippen molar-refractivity contribution >= 4 is 17.3 Å². The smallest absolute Gasteiger partial charge is 0.335 e. The average molecular weight is 234 g/mol. The summed E-state index contributed by atoms with van der Waals surface area (Å²) in [5.41, 5.74) is 7.34. The van der Waals surface area contributed by atoms with E-state index in [9.17, 15) is 4.79 Å². The fourth-order valence-electron chi connectivity index (χ4n) is 1.88. The third-order valence-electron chi connectivity index (χ3n) is 3.10. The van der Waals surface area contributed by atoms with Gasteiger partial charge in [0.05, 0.1) is 16.9 Å². The van der Waals surface area contributed by atoms with Gasteiger partial charge in [-0.3, -0.25) is 0 Å². The summed E-state index contributed by atoms with van der Waals surface area (Å²) in [4.78, 5) is 10.7. The van der Waals surface area contributed by atoms with E-state index in [0.717, 1.165) is 24.6 Å². The fourth-order valence-corrected chi connectivity index (χ4v) is 1.88. The van der Waals surface area contributed by atoms with Crippen molar-refractivity contribution in [2.45, 2.75) is 25.7 Å². The first-order chi connectivity index (χ1) is 8.16. The highest BCUT2D eigenvalue weighted by Crippen LogP contribution is 2.33. The maximum atomic E-state index is 10.7. The zero-order valence-corrected chi connectivity index (χ0v) is 9.78. The molecule has 17 heavy (non-hydrogen) atoms. The molecule has 0 atom stereocenters. The number of carbonyl (C=O) groups is 1. The molecule has 1 aliphatic rings. The Balaban J connectivity index is 1.84. The molecule has 1 aliphatic carbocycles. The number of aromatic carboxylic acids is 1. The molecule has 0 radical (unpaired) electrons. The van der Waals surface area contributed by atoms with Crippen molar-refractivity contribution in [3.63, 3.8) is 0 Å². The molecule has 0 saturated heterocycles. The number of nitrogens with two attached hydrogens (primary N) is 1. The number of hydrogen-bond donors (Lipinski definition) is 3. The first kappa shape index (κ1) is 11.8. The zero-order chi connectivity index (χ0) is 12.3. The topological polar surface area (TPSA) is 75.4 Å². The Morgan fingerprint density at radius 2 is 2.24 bits per heavy atom. The van der Waals surface area contributed by atoms with Gasteiger partial charge in [-0.05, 0) is 37.0 Å². The lowest BCUT2D eigenvalue weighted by Crippen LogP contribution is -2.06. The Morgan fingerprint density at radius 3 is 2.82 bits per heavy atom. The van der Waals surface area contributed by atoms with Gasteiger partial charge in [0.2, 0.25) is 0 Å². The second-order valence-corrected chi connectivity index (χ2v) is 4.62. The molecule has 92 valence electrons. The Hall–Kier alpha value is -1.71. The normalized spacial score (nSPS) is 14.6. The van der Waals surface area contributed by atoms with Crippen LogP contribution in [0.3, 0.4) is 0 Å². The maximum Gasteiger partial charge on any atom is 0.335 e. The van der Waals surface area contributed by atoms with Gasteiger partial charge in [-0.25, -0.2) is 4.79 Å². The van der Waals surface area contributed by atoms with Crippen LogP contribution in [0, 0.1) is 5.92 Å². The van der Waals surface area contributed by atoms with Crippen LogP contribution in [0.5, 0.6) is 0 Å². The van der Waals surface area contributed by atoms with Gasteiger partial charge in [-0.1, -0.05) is 12.8 Å². The van der Waals surface area contributed by atoms with Crippen LogP contribution < -0.4 is 11.1 Å². The molecule has 2 rings (SSSR count). The molecular formula is C13H18N2O2. The van der Waals surface area contributed by atoms with Crippen molar-refractivity contribution in [1.29, 1.82) is 0 Å². The maximum absolute atomic E-state index is 10.7. The lowest BCUT2D eigenvalue weighted by atomic mass is 10.1. The minimum Gasteiger partial charge on any atom is -0.478 e. The number of nitrogens with one attached hydrogen (secondary N) is 1. The summed E-state index contributed by atoms with van der Waals surface area (Å²) < 4.78 is 0. The molecule has 0 unspecified atom stereocenters. The van der Waals surface area contributed by atoms with Crippen LogP contribution in [0.15, 0.2) is 18.2 Å². The van der Waals surface area contributed by atoms with E-state index in [-0.39, 0.29) is 5.56 Å². The predicted octanol–water partition coefficient (Wildman–Crippen LogP) is 2.57. The van der Waals surface area contributed by atoms with Crippen molar-refractivity contribution in [1.82, 2.24) is 0 Å². The van der Waals surface area contributed by atoms with Crippen LogP contribution in [0.25, 0.3) is 0 Å². The van der Waals surface area contributed by atoms with Crippen LogP contribution >= 0.6 is 0 Å². The molecule has 1 fully saturated rings. The number of rotatable bonds is 6. The van der Waals surface area contributed by atoms with Gasteiger partial charge in [0.25, 0.3) is 0 Å². The highest BCUT2D eigenvalue weighted by atomic mass is 16.4. The molecule has 0 amide bonds. The van der Waals surface area contributed by atoms with E-state index >= 15 is 0 Å². The largest absolute Gasteiger partial charge is 0.478 e. The second kappa shape index (κ2) is 5.08. The minimum atomic E-state index is -0.947. The molecule has 0 bridgehead atoms. The standard InChI is InChI=1S/C13H18N2O2/c14-11-8-10(13(16)17)5-6-12(11)15-7-1-2-9-3-4-9/h5-6,8-9,15H,1-4,7,14H2,(H,16,17). The number of carboxylic acid groups (broad SMARTS) is 1. The predicted molar refractivity (Wildman–Crippen MR) is 68.3 cm³/mol. The van der Waals surface area contributed by atoms with Gasteiger partial charge >= 0.3 is 5.97 Å². The van der Waals surface area contributed by atoms with Gasteiger partial charge in [0.15, 0.2) is 0 Å². The molecule has 1 saturated carbocycles. The van der Waals surface area contributed by atoms with E-state index < -0.39 is 5.97 Å². The SMILES string of the molecule is Nc1cc(C(=O)O)ccc1NCCCC1CC1. The van der Waals surface area contributed by atoms with Crippen molar-refractivity contribution in [2.75, 3.05) is 17.6 Å². The van der Waals surface area contributed by atoms with Crippen molar-refractivity contribution in [3.8, 4) is 0 Å². The summed E-state index contributed by atoms with van der Waals surface area (Å²) in [7, 11) is 0. The number of nitrogen functional groups attached to an aromatic ring is 1. The van der Waals surface area contributed by atoms with E-state index in [1.54, 1.807) is 12.1 Å². The summed E-state index contributed by atoms with van der Waals surface area (Å²) in [6, 6.07) is 4.80. The number of benzene rings is 1. The number of anilines is 2. The Morgan fingerprint density at radius 1 is 1.47 bits per heavy atom. The van der Waals surface area contributed by atoms with E-state index in [0.29, 0.717) is 5.69 Å². The molecule has 4 nitrogen and oxygen atoms in total. The van der Waals surface area contributed by atoms with E-state index in [4.69, 9.17) is 10.8 Å². The Kier molecular flexibility index (Phi) is 3.52. The van der Waals surface area contributed by atoms with Crippen LogP contribution in [0.1, 0.15) is 36.0 Å². The first-order valence-corrected chi connectivity index (χ1v) is 6.03. The minimum absolute atomic E-state index is 0.228. The van der Waals surface area contributed by atoms with Gasteiger partial charge in [-0.15, -0.1) is 0 Å². The van der Waals surface area contributed by atoms with Crippen LogP contribution in [0.4, 0.5) is 11.4 Å². The molecule has 4 N–H and O–H groups in total. The molecule has 1 aromatic carbocycles. The highest BCUT2D eigenvalue weighted by molar-refractivity contribution is 5.90. The molecule has 1 aromatic rings. The van der Waals surface area contributed by atoms with Crippen molar-refractivity contribution in [2.24, 2.45) is 5.92 Å². The summed E-state index contributed by atoms with van der Waals surface area (Å²) >= 11 is 0. The lowest BCUT2D eigenvalue weighted by molar-refractivity contribution is 0.0697. The van der Waals surface area contributed by atoms with Gasteiger partial charge < -0.3 is 16.2 Å². The molecular weight excluding hydrogens is 216 g/mol. The van der Waals surface area contributed by atoms with Gasteiger partial charge in [0.1, 0.15) is 0 Å². The van der Waals surface area contributed by atoms with E-state index in [1.165, 1.54) is 25.3 Å². The second-order valence-electron chi connectivity index (χ2n) is 4.62. The third-order valence-corrected chi connectivity index (χ3v) is 3.10. The highest BCUT2D eigenvalue weighted by Gasteiger charge is 2.19. The molecule has 0 heterocycles. The van der Waals surface area contributed by atoms with Crippen LogP contribution in [-0.4, -0.2) is 17.6 Å². The van der Waals surface area contributed by atoms with Gasteiger partial charge in [0, 0.05) is 6.54 Å². The summed E-state index contributed by atoms with van der Waals surface area (Å²) in [5, 5.41) is 12.1. The number of hydrogen-bond acceptors (Lipinski definition) is 3. The first-order valence-electron chi connectivity index (χ1n) is 6.03. The number of carboxylic acids is 1. The lowest BCUT2D eigenvalue weighted by Gasteiger charge is -2.09. The zero-order valence-electron chi connectivity index (χ0n) is 9.78. The fraction of sp³-hybridized carbons (Fsp3) is 0.462. The molecule has 0 spiro atoms. The molecule has 0 aliphatic heterocycles. The molecule has 0 aromatic heterocycles. The van der Waals surface area contributed by atoms with Gasteiger partial charge in [-0.2, -0.15) is 0 Å². The van der Waals surface area contributed by atoms with Crippen molar-refractivity contribution in [3.05, 3.63) is 23.8 Å². The summed E-state index contributed by atoms with van der Waals surface area (Å²) in [6.45, 7) is 0.896. The summed E-state index contributed by atoms with van der Waals surface area (Å²) in [5.74, 6) is 0.000478. The average Bonchev–Trinajstić information content (AvgIpc) is 3.09. The quantitative estimate of drug-likeness (QED) is 0.522.